The summed E-state index contributed by atoms with van der Waals surface area (Å²) in [6.45, 7) is 0. The summed E-state index contributed by atoms with van der Waals surface area (Å²) in [6.07, 6.45) is 0. The Balaban J connectivity index is 1.61. The van der Waals surface area contributed by atoms with Gasteiger partial charge in [0, 0.05) is 5.56 Å². The summed E-state index contributed by atoms with van der Waals surface area (Å²) < 4.78 is 5.47. The number of nitrogens with two attached hydrogens (primary N) is 2. The van der Waals surface area contributed by atoms with E-state index in [1.54, 1.807) is 36.4 Å². The predicted octanol–water partition coefficient (Wildman–Crippen LogP) is 2.80. The number of H-pyrrole nitrogens is 1. The van der Waals surface area contributed by atoms with E-state index in [-0.39, 0.29) is 5.84 Å². The Hall–Kier alpha value is -3.87. The number of benzene rings is 3. The molecule has 4 rings (SSSR count). The zero-order valence-corrected chi connectivity index (χ0v) is 13.6. The number of nitrogen functional groups attached to an aromatic ring is 2. The second kappa shape index (κ2) is 5.89. The van der Waals surface area contributed by atoms with E-state index in [1.165, 1.54) is 0 Å². The first-order chi connectivity index (χ1) is 12.5. The van der Waals surface area contributed by atoms with Gasteiger partial charge in [-0.1, -0.05) is 18.2 Å². The van der Waals surface area contributed by atoms with Crippen molar-refractivity contribution in [2.45, 2.75) is 0 Å². The van der Waals surface area contributed by atoms with E-state index in [0.29, 0.717) is 33.9 Å². The maximum Gasteiger partial charge on any atom is 0.343 e. The van der Waals surface area contributed by atoms with Gasteiger partial charge < -0.3 is 21.2 Å². The molecule has 26 heavy (non-hydrogen) atoms. The summed E-state index contributed by atoms with van der Waals surface area (Å²) in [4.78, 5) is 19.4. The molecular weight excluding hydrogens is 330 g/mol. The van der Waals surface area contributed by atoms with Crippen molar-refractivity contribution in [2.24, 2.45) is 5.73 Å². The quantitative estimate of drug-likeness (QED) is 0.196. The summed E-state index contributed by atoms with van der Waals surface area (Å²) in [5, 5.41) is 9.29. The average Bonchev–Trinajstić information content (AvgIpc) is 3.00. The van der Waals surface area contributed by atoms with E-state index in [0.717, 1.165) is 10.8 Å². The third-order valence-corrected chi connectivity index (χ3v) is 4.07. The molecule has 0 amide bonds. The molecule has 0 saturated heterocycles. The van der Waals surface area contributed by atoms with Crippen LogP contribution in [0.5, 0.6) is 5.75 Å². The Morgan fingerprint density at radius 1 is 1.00 bits per heavy atom. The number of aromatic nitrogens is 2. The first-order valence-corrected chi connectivity index (χ1v) is 7.85. The van der Waals surface area contributed by atoms with E-state index in [1.807, 2.05) is 18.2 Å². The molecule has 7 heteroatoms. The molecule has 1 aromatic heterocycles. The number of carbonyl (C=O) groups is 1. The van der Waals surface area contributed by atoms with Gasteiger partial charge in [-0.3, -0.25) is 5.41 Å². The number of fused-ring (bicyclic) bond motifs is 2. The normalized spacial score (nSPS) is 10.9. The number of amidine groups is 1. The van der Waals surface area contributed by atoms with Crippen LogP contribution >= 0.6 is 0 Å². The van der Waals surface area contributed by atoms with Crippen LogP contribution in [0, 0.1) is 5.41 Å². The van der Waals surface area contributed by atoms with Crippen molar-refractivity contribution >= 4 is 39.6 Å². The van der Waals surface area contributed by atoms with Crippen molar-refractivity contribution in [1.29, 1.82) is 5.41 Å². The molecule has 0 radical (unpaired) electrons. The van der Waals surface area contributed by atoms with Gasteiger partial charge in [-0.2, -0.15) is 0 Å². The number of nitrogens with one attached hydrogen (secondary N) is 2. The van der Waals surface area contributed by atoms with Crippen LogP contribution in [0.4, 0.5) is 5.95 Å². The van der Waals surface area contributed by atoms with Crippen LogP contribution in [-0.4, -0.2) is 21.8 Å². The van der Waals surface area contributed by atoms with Gasteiger partial charge in [-0.25, -0.2) is 9.78 Å². The highest BCUT2D eigenvalue weighted by Gasteiger charge is 2.11. The summed E-state index contributed by atoms with van der Waals surface area (Å²) in [6, 6.07) is 15.7. The number of rotatable bonds is 3. The first-order valence-electron chi connectivity index (χ1n) is 7.85. The van der Waals surface area contributed by atoms with Crippen molar-refractivity contribution in [2.75, 3.05) is 5.73 Å². The molecule has 4 aromatic rings. The molecule has 0 saturated carbocycles. The van der Waals surface area contributed by atoms with Gasteiger partial charge in [0.15, 0.2) is 5.95 Å². The zero-order valence-electron chi connectivity index (χ0n) is 13.6. The molecule has 128 valence electrons. The second-order valence-electron chi connectivity index (χ2n) is 5.88. The maximum absolute atomic E-state index is 12.4. The fraction of sp³-hybridized carbons (Fsp3) is 0. The lowest BCUT2D eigenvalue weighted by Gasteiger charge is -2.07. The molecule has 1 heterocycles. The van der Waals surface area contributed by atoms with E-state index >= 15 is 0 Å². The zero-order chi connectivity index (χ0) is 18.3. The topological polar surface area (TPSA) is 131 Å². The minimum atomic E-state index is -0.472. The van der Waals surface area contributed by atoms with E-state index in [9.17, 15) is 4.79 Å². The van der Waals surface area contributed by atoms with Crippen LogP contribution in [-0.2, 0) is 0 Å². The second-order valence-corrected chi connectivity index (χ2v) is 5.88. The Morgan fingerprint density at radius 3 is 2.54 bits per heavy atom. The molecular formula is C19H15N5O2. The van der Waals surface area contributed by atoms with Crippen molar-refractivity contribution in [3.63, 3.8) is 0 Å². The smallest absolute Gasteiger partial charge is 0.343 e. The van der Waals surface area contributed by atoms with Crippen molar-refractivity contribution in [3.05, 3.63) is 65.7 Å². The maximum atomic E-state index is 12.4. The van der Waals surface area contributed by atoms with Crippen LogP contribution < -0.4 is 16.2 Å². The monoisotopic (exact) mass is 345 g/mol. The Kier molecular flexibility index (Phi) is 3.54. The number of imidazole rings is 1. The fourth-order valence-corrected chi connectivity index (χ4v) is 2.78. The molecule has 0 spiro atoms. The molecule has 0 unspecified atom stereocenters. The number of nitrogens with zero attached hydrogens (tertiary/aromatic N) is 1. The molecule has 0 aliphatic heterocycles. The fourth-order valence-electron chi connectivity index (χ4n) is 2.78. The highest BCUT2D eigenvalue weighted by Crippen LogP contribution is 2.23. The van der Waals surface area contributed by atoms with E-state index in [2.05, 4.69) is 9.97 Å². The van der Waals surface area contributed by atoms with Crippen LogP contribution in [0.1, 0.15) is 15.9 Å². The lowest BCUT2D eigenvalue weighted by atomic mass is 10.1. The van der Waals surface area contributed by atoms with Gasteiger partial charge in [-0.15, -0.1) is 0 Å². The lowest BCUT2D eigenvalue weighted by molar-refractivity contribution is 0.0735. The van der Waals surface area contributed by atoms with Gasteiger partial charge >= 0.3 is 5.97 Å². The minimum Gasteiger partial charge on any atom is -0.423 e. The van der Waals surface area contributed by atoms with Crippen molar-refractivity contribution < 1.29 is 9.53 Å². The highest BCUT2D eigenvalue weighted by molar-refractivity contribution is 6.00. The van der Waals surface area contributed by atoms with Crippen LogP contribution in [0.3, 0.4) is 0 Å². The predicted molar refractivity (Wildman–Crippen MR) is 100 cm³/mol. The van der Waals surface area contributed by atoms with E-state index < -0.39 is 5.97 Å². The summed E-state index contributed by atoms with van der Waals surface area (Å²) in [5.41, 5.74) is 13.5. The number of carbonyl (C=O) groups excluding carboxylic acids is 1. The standard InChI is InChI=1S/C19H15N5O2/c20-17(21)12-2-1-11-8-14(5-3-10(11)7-12)26-18(25)13-4-6-15-16(9-13)24-19(22)23-15/h1-9H,(H3,20,21)(H3,22,23,24). The van der Waals surface area contributed by atoms with Crippen LogP contribution in [0.2, 0.25) is 0 Å². The Morgan fingerprint density at radius 2 is 1.73 bits per heavy atom. The SMILES string of the molecule is N=C(N)c1ccc2cc(OC(=O)c3ccc4nc(N)[nH]c4c3)ccc2c1. The van der Waals surface area contributed by atoms with Gasteiger partial charge in [-0.05, 0) is 47.2 Å². The molecule has 7 nitrogen and oxygen atoms in total. The molecule has 6 N–H and O–H groups in total. The number of aromatic amines is 1. The van der Waals surface area contributed by atoms with Crippen molar-refractivity contribution in [3.8, 4) is 5.75 Å². The number of anilines is 1. The number of ether oxygens (including phenoxy) is 1. The molecule has 0 atom stereocenters. The molecule has 0 bridgehead atoms. The van der Waals surface area contributed by atoms with Gasteiger partial charge in [0.1, 0.15) is 11.6 Å². The Labute approximate surface area is 148 Å². The number of esters is 1. The third kappa shape index (κ3) is 2.82. The molecule has 0 aliphatic carbocycles. The lowest BCUT2D eigenvalue weighted by Crippen LogP contribution is -2.10. The van der Waals surface area contributed by atoms with Gasteiger partial charge in [0.25, 0.3) is 0 Å². The number of hydrogen-bond donors (Lipinski definition) is 4. The summed E-state index contributed by atoms with van der Waals surface area (Å²) in [7, 11) is 0. The Bertz CT molecular complexity index is 1180. The summed E-state index contributed by atoms with van der Waals surface area (Å²) in [5.74, 6) is 0.268. The van der Waals surface area contributed by atoms with E-state index in [4.69, 9.17) is 21.6 Å². The van der Waals surface area contributed by atoms with Crippen LogP contribution in [0.15, 0.2) is 54.6 Å². The molecule has 0 aliphatic rings. The summed E-state index contributed by atoms with van der Waals surface area (Å²) >= 11 is 0. The minimum absolute atomic E-state index is 0.0113. The average molecular weight is 345 g/mol. The molecule has 3 aromatic carbocycles. The van der Waals surface area contributed by atoms with Crippen LogP contribution in [0.25, 0.3) is 21.8 Å². The first kappa shape index (κ1) is 15.6. The number of hydrogen-bond acceptors (Lipinski definition) is 5. The molecule has 0 fully saturated rings. The third-order valence-electron chi connectivity index (χ3n) is 4.07. The largest absolute Gasteiger partial charge is 0.423 e. The van der Waals surface area contributed by atoms with Crippen molar-refractivity contribution in [1.82, 2.24) is 9.97 Å². The van der Waals surface area contributed by atoms with Gasteiger partial charge in [0.2, 0.25) is 0 Å². The highest BCUT2D eigenvalue weighted by atomic mass is 16.5. The van der Waals surface area contributed by atoms with Gasteiger partial charge in [0.05, 0.1) is 16.6 Å².